The van der Waals surface area contributed by atoms with Crippen LogP contribution in [0.5, 0.6) is 0 Å². The number of hydrogen-bond donors (Lipinski definition) is 1. The predicted molar refractivity (Wildman–Crippen MR) is 103 cm³/mol. The first-order chi connectivity index (χ1) is 12.3. The molecule has 4 heteroatoms. The van der Waals surface area contributed by atoms with Crippen molar-refractivity contribution in [3.05, 3.63) is 35.0 Å². The van der Waals surface area contributed by atoms with Crippen molar-refractivity contribution >= 4 is 16.8 Å². The number of nitrogens with zero attached hydrogens (tertiary/aromatic N) is 1. The van der Waals surface area contributed by atoms with E-state index in [2.05, 4.69) is 51.0 Å². The Kier molecular flexibility index (Phi) is 4.13. The number of aromatic nitrogens is 1. The zero-order valence-electron chi connectivity index (χ0n) is 16.2. The Bertz CT molecular complexity index is 849. The van der Waals surface area contributed by atoms with E-state index in [0.29, 0.717) is 25.7 Å². The lowest BCUT2D eigenvalue weighted by molar-refractivity contribution is -0.160. The molecule has 1 aliphatic carbocycles. The van der Waals surface area contributed by atoms with Gasteiger partial charge in [-0.1, -0.05) is 19.9 Å². The monoisotopic (exact) mass is 356 g/mol. The van der Waals surface area contributed by atoms with Crippen molar-refractivity contribution in [2.45, 2.75) is 83.5 Å². The molecule has 2 atom stereocenters. The summed E-state index contributed by atoms with van der Waals surface area (Å²) in [5, 5.41) is 1.25. The van der Waals surface area contributed by atoms with Crippen LogP contribution in [0.1, 0.15) is 68.6 Å². The van der Waals surface area contributed by atoms with Crippen LogP contribution in [0.15, 0.2) is 18.3 Å². The maximum absolute atomic E-state index is 14.4. The van der Waals surface area contributed by atoms with Crippen LogP contribution in [0, 0.1) is 13.8 Å². The first-order valence-electron chi connectivity index (χ1n) is 9.90. The second-order valence-electron chi connectivity index (χ2n) is 8.56. The number of aromatic amines is 1. The molecule has 2 bridgehead atoms. The van der Waals surface area contributed by atoms with Gasteiger partial charge in [-0.05, 0) is 48.9 Å². The molecule has 5 rings (SSSR count). The van der Waals surface area contributed by atoms with E-state index >= 15 is 0 Å². The number of hydrogen-bond acceptors (Lipinski definition) is 1. The number of rotatable bonds is 4. The molecule has 1 aromatic carbocycles. The molecular formula is C22H29FN2O. The average Bonchev–Trinajstić information content (AvgIpc) is 3.01. The summed E-state index contributed by atoms with van der Waals surface area (Å²) in [5.74, 6) is 0.335. The van der Waals surface area contributed by atoms with Crippen molar-refractivity contribution in [1.82, 2.24) is 9.88 Å². The van der Waals surface area contributed by atoms with Gasteiger partial charge in [-0.3, -0.25) is 4.79 Å². The van der Waals surface area contributed by atoms with Crippen LogP contribution in [0.2, 0.25) is 0 Å². The highest BCUT2D eigenvalue weighted by molar-refractivity contribution is 5.89. The summed E-state index contributed by atoms with van der Waals surface area (Å²) >= 11 is 0. The van der Waals surface area contributed by atoms with Gasteiger partial charge in [-0.15, -0.1) is 0 Å². The molecule has 1 aromatic heterocycles. The molecule has 3 fully saturated rings. The lowest BCUT2D eigenvalue weighted by Crippen LogP contribution is -2.65. The number of amides is 1. The highest BCUT2D eigenvalue weighted by atomic mass is 19.1. The number of nitrogens with one attached hydrogen (secondary N) is 1. The third kappa shape index (κ3) is 2.65. The molecule has 2 saturated heterocycles. The molecule has 3 heterocycles. The summed E-state index contributed by atoms with van der Waals surface area (Å²) in [6.45, 7) is 8.47. The van der Waals surface area contributed by atoms with Crippen molar-refractivity contribution in [2.75, 3.05) is 0 Å². The maximum Gasteiger partial charge on any atom is 0.223 e. The van der Waals surface area contributed by atoms with Crippen molar-refractivity contribution in [2.24, 2.45) is 0 Å². The molecule has 1 saturated carbocycles. The van der Waals surface area contributed by atoms with Crippen molar-refractivity contribution < 1.29 is 9.18 Å². The fourth-order valence-electron chi connectivity index (χ4n) is 5.12. The Balaban J connectivity index is 1.56. The molecule has 1 amide bonds. The van der Waals surface area contributed by atoms with E-state index in [0.717, 1.165) is 11.9 Å². The molecule has 0 spiro atoms. The standard InChI is InChI=1S/C22H29FN2O/c1-5-16-9-22(23)10-17(11-22)25(16)20(26)8-14(3)18-12-24-19-7-6-13(2)15(4)21(18)19/h6-7,12,14,16-17,24H,5,8-11H2,1-4H3. The van der Waals surface area contributed by atoms with Gasteiger partial charge in [0.05, 0.1) is 0 Å². The van der Waals surface area contributed by atoms with Crippen LogP contribution in [-0.4, -0.2) is 33.5 Å². The molecule has 3 nitrogen and oxygen atoms in total. The summed E-state index contributed by atoms with van der Waals surface area (Å²) in [6, 6.07) is 4.43. The molecule has 2 unspecified atom stereocenters. The van der Waals surface area contributed by atoms with Crippen LogP contribution in [-0.2, 0) is 4.79 Å². The lowest BCUT2D eigenvalue weighted by Gasteiger charge is -2.57. The Labute approximate surface area is 155 Å². The van der Waals surface area contributed by atoms with Crippen LogP contribution in [0.25, 0.3) is 10.9 Å². The summed E-state index contributed by atoms with van der Waals surface area (Å²) in [7, 11) is 0. The van der Waals surface area contributed by atoms with E-state index in [4.69, 9.17) is 0 Å². The summed E-state index contributed by atoms with van der Waals surface area (Å²) < 4.78 is 14.4. The minimum atomic E-state index is -1.00. The Morgan fingerprint density at radius 3 is 2.77 bits per heavy atom. The molecule has 26 heavy (non-hydrogen) atoms. The molecule has 3 aliphatic rings. The SMILES string of the molecule is CCC1CC2(F)CC(C2)N1C(=O)CC(C)c1c[nH]c2ccc(C)c(C)c12. The van der Waals surface area contributed by atoms with Gasteiger partial charge in [0.25, 0.3) is 0 Å². The number of carbonyl (C=O) groups excluding carboxylic acids is 1. The highest BCUT2D eigenvalue weighted by Gasteiger charge is 2.55. The fraction of sp³-hybridized carbons (Fsp3) is 0.591. The lowest BCUT2D eigenvalue weighted by atomic mass is 9.67. The topological polar surface area (TPSA) is 36.1 Å². The molecule has 0 radical (unpaired) electrons. The van der Waals surface area contributed by atoms with Gasteiger partial charge in [-0.25, -0.2) is 4.39 Å². The number of piperidine rings is 2. The van der Waals surface area contributed by atoms with E-state index in [1.165, 1.54) is 22.1 Å². The number of benzene rings is 1. The largest absolute Gasteiger partial charge is 0.361 e. The second kappa shape index (κ2) is 6.11. The second-order valence-corrected chi connectivity index (χ2v) is 8.56. The number of alkyl halides is 1. The third-order valence-electron chi connectivity index (χ3n) is 6.77. The number of fused-ring (bicyclic) bond motifs is 3. The molecular weight excluding hydrogens is 327 g/mol. The number of aryl methyl sites for hydroxylation is 2. The fourth-order valence-corrected chi connectivity index (χ4v) is 5.12. The van der Waals surface area contributed by atoms with Gasteiger partial charge >= 0.3 is 0 Å². The molecule has 140 valence electrons. The summed E-state index contributed by atoms with van der Waals surface area (Å²) in [6.07, 6.45) is 4.98. The summed E-state index contributed by atoms with van der Waals surface area (Å²) in [4.78, 5) is 18.5. The van der Waals surface area contributed by atoms with Crippen LogP contribution >= 0.6 is 0 Å². The van der Waals surface area contributed by atoms with E-state index in [1.807, 2.05) is 4.90 Å². The zero-order chi connectivity index (χ0) is 18.6. The number of halogens is 1. The van der Waals surface area contributed by atoms with Gasteiger partial charge in [0.2, 0.25) is 5.91 Å². The minimum Gasteiger partial charge on any atom is -0.361 e. The van der Waals surface area contributed by atoms with E-state index in [9.17, 15) is 9.18 Å². The smallest absolute Gasteiger partial charge is 0.223 e. The van der Waals surface area contributed by atoms with Crippen LogP contribution < -0.4 is 0 Å². The average molecular weight is 356 g/mol. The van der Waals surface area contributed by atoms with E-state index < -0.39 is 5.67 Å². The normalized spacial score (nSPS) is 28.9. The van der Waals surface area contributed by atoms with Crippen LogP contribution in [0.4, 0.5) is 4.39 Å². The molecule has 1 N–H and O–H groups in total. The van der Waals surface area contributed by atoms with Gasteiger partial charge in [0.1, 0.15) is 5.67 Å². The molecule has 2 aliphatic heterocycles. The van der Waals surface area contributed by atoms with Crippen molar-refractivity contribution in [3.8, 4) is 0 Å². The quantitative estimate of drug-likeness (QED) is 0.807. The number of carbonyl (C=O) groups is 1. The Morgan fingerprint density at radius 1 is 1.35 bits per heavy atom. The van der Waals surface area contributed by atoms with Gasteiger partial charge < -0.3 is 9.88 Å². The van der Waals surface area contributed by atoms with Gasteiger partial charge in [0, 0.05) is 54.9 Å². The van der Waals surface area contributed by atoms with Crippen molar-refractivity contribution in [3.63, 3.8) is 0 Å². The van der Waals surface area contributed by atoms with E-state index in [-0.39, 0.29) is 23.9 Å². The Morgan fingerprint density at radius 2 is 2.08 bits per heavy atom. The van der Waals surface area contributed by atoms with Crippen molar-refractivity contribution in [1.29, 1.82) is 0 Å². The van der Waals surface area contributed by atoms with E-state index in [1.54, 1.807) is 0 Å². The zero-order valence-corrected chi connectivity index (χ0v) is 16.2. The first kappa shape index (κ1) is 17.6. The predicted octanol–water partition coefficient (Wildman–Crippen LogP) is 5.16. The minimum absolute atomic E-state index is 0.0687. The number of H-pyrrole nitrogens is 1. The third-order valence-corrected chi connectivity index (χ3v) is 6.77. The highest BCUT2D eigenvalue weighted by Crippen LogP contribution is 2.50. The Hall–Kier alpha value is -1.84. The van der Waals surface area contributed by atoms with Crippen LogP contribution in [0.3, 0.4) is 0 Å². The molecule has 2 aromatic rings. The maximum atomic E-state index is 14.4. The first-order valence-corrected chi connectivity index (χ1v) is 9.90. The van der Waals surface area contributed by atoms with Gasteiger partial charge in [-0.2, -0.15) is 0 Å². The summed E-state index contributed by atoms with van der Waals surface area (Å²) in [5.41, 5.74) is 3.90. The van der Waals surface area contributed by atoms with Gasteiger partial charge in [0.15, 0.2) is 0 Å².